The zero-order valence-electron chi connectivity index (χ0n) is 17.0. The third kappa shape index (κ3) is 7.23. The fourth-order valence-electron chi connectivity index (χ4n) is 2.79. The second kappa shape index (κ2) is 10.6. The molecule has 0 heterocycles. The predicted molar refractivity (Wildman–Crippen MR) is 116 cm³/mol. The lowest BCUT2D eigenvalue weighted by Crippen LogP contribution is -2.39. The zero-order chi connectivity index (χ0) is 21.3. The molecule has 0 saturated carbocycles. The van der Waals surface area contributed by atoms with Crippen LogP contribution >= 0.6 is 0 Å². The summed E-state index contributed by atoms with van der Waals surface area (Å²) in [6.07, 6.45) is 2.71. The van der Waals surface area contributed by atoms with Gasteiger partial charge < -0.3 is 16.0 Å². The van der Waals surface area contributed by atoms with E-state index < -0.39 is 9.84 Å². The van der Waals surface area contributed by atoms with Crippen molar-refractivity contribution < 1.29 is 13.2 Å². The number of carbonyl (C=O) groups is 1. The number of hydrogen-bond donors (Lipinski definition) is 3. The molecule has 0 bridgehead atoms. The van der Waals surface area contributed by atoms with E-state index in [1.165, 1.54) is 6.26 Å². The molecular formula is C21H28N4O3S. The second-order valence-corrected chi connectivity index (χ2v) is 8.64. The first-order chi connectivity index (χ1) is 13.8. The molecule has 0 saturated heterocycles. The fraction of sp³-hybridized carbons (Fsp3) is 0.333. The Morgan fingerprint density at radius 1 is 0.966 bits per heavy atom. The van der Waals surface area contributed by atoms with Crippen LogP contribution in [0.1, 0.15) is 21.5 Å². The van der Waals surface area contributed by atoms with Gasteiger partial charge in [-0.1, -0.05) is 24.3 Å². The summed E-state index contributed by atoms with van der Waals surface area (Å²) in [5.41, 5.74) is 2.76. The Hall–Kier alpha value is -2.87. The van der Waals surface area contributed by atoms with Crippen LogP contribution in [0.5, 0.6) is 0 Å². The number of guanidine groups is 1. The molecule has 2 aromatic carbocycles. The van der Waals surface area contributed by atoms with Gasteiger partial charge in [0, 0.05) is 39.0 Å². The van der Waals surface area contributed by atoms with Crippen LogP contribution in [0.2, 0.25) is 0 Å². The van der Waals surface area contributed by atoms with E-state index in [4.69, 9.17) is 0 Å². The SMILES string of the molecule is CN=C(NCCc1ccc(S(C)(=O)=O)cc1)NCCc1cccc(C(=O)NC)c1. The number of rotatable bonds is 8. The van der Waals surface area contributed by atoms with Crippen LogP contribution in [-0.2, 0) is 22.7 Å². The largest absolute Gasteiger partial charge is 0.356 e. The molecule has 0 radical (unpaired) electrons. The van der Waals surface area contributed by atoms with Gasteiger partial charge in [-0.25, -0.2) is 8.42 Å². The summed E-state index contributed by atoms with van der Waals surface area (Å²) in [5, 5.41) is 9.12. The summed E-state index contributed by atoms with van der Waals surface area (Å²) in [6.45, 7) is 1.35. The van der Waals surface area contributed by atoms with E-state index in [9.17, 15) is 13.2 Å². The molecule has 29 heavy (non-hydrogen) atoms. The van der Waals surface area contributed by atoms with Gasteiger partial charge in [-0.15, -0.1) is 0 Å². The number of carbonyl (C=O) groups excluding carboxylic acids is 1. The maximum absolute atomic E-state index is 11.7. The van der Waals surface area contributed by atoms with Gasteiger partial charge in [0.1, 0.15) is 0 Å². The highest BCUT2D eigenvalue weighted by Crippen LogP contribution is 2.10. The normalized spacial score (nSPS) is 11.8. The van der Waals surface area contributed by atoms with Crippen molar-refractivity contribution in [2.24, 2.45) is 4.99 Å². The Morgan fingerprint density at radius 2 is 1.59 bits per heavy atom. The molecule has 0 fully saturated rings. The molecule has 0 unspecified atom stereocenters. The van der Waals surface area contributed by atoms with Crippen molar-refractivity contribution in [3.8, 4) is 0 Å². The highest BCUT2D eigenvalue weighted by Gasteiger charge is 2.06. The Kier molecular flexibility index (Phi) is 8.21. The van der Waals surface area contributed by atoms with Crippen molar-refractivity contribution in [1.29, 1.82) is 0 Å². The number of nitrogens with one attached hydrogen (secondary N) is 3. The summed E-state index contributed by atoms with van der Waals surface area (Å²) in [4.78, 5) is 16.2. The molecule has 2 aromatic rings. The maximum Gasteiger partial charge on any atom is 0.251 e. The molecule has 0 aromatic heterocycles. The number of amides is 1. The van der Waals surface area contributed by atoms with Gasteiger partial charge in [-0.05, 0) is 48.2 Å². The van der Waals surface area contributed by atoms with E-state index in [0.29, 0.717) is 29.5 Å². The minimum atomic E-state index is -3.17. The molecule has 0 atom stereocenters. The lowest BCUT2D eigenvalue weighted by atomic mass is 10.1. The topological polar surface area (TPSA) is 99.7 Å². The van der Waals surface area contributed by atoms with E-state index in [1.54, 1.807) is 32.3 Å². The average molecular weight is 417 g/mol. The van der Waals surface area contributed by atoms with Crippen LogP contribution in [0, 0.1) is 0 Å². The number of nitrogens with zero attached hydrogens (tertiary/aromatic N) is 1. The Morgan fingerprint density at radius 3 is 2.14 bits per heavy atom. The molecule has 2 rings (SSSR count). The monoisotopic (exact) mass is 416 g/mol. The van der Waals surface area contributed by atoms with Gasteiger partial charge in [0.2, 0.25) is 0 Å². The van der Waals surface area contributed by atoms with Gasteiger partial charge in [0.05, 0.1) is 4.90 Å². The Bertz CT molecular complexity index is 954. The summed E-state index contributed by atoms with van der Waals surface area (Å²) in [7, 11) is 0.161. The third-order valence-electron chi connectivity index (χ3n) is 4.40. The zero-order valence-corrected chi connectivity index (χ0v) is 17.8. The van der Waals surface area contributed by atoms with Gasteiger partial charge in [-0.2, -0.15) is 0 Å². The smallest absolute Gasteiger partial charge is 0.251 e. The standard InChI is InChI=1S/C21H28N4O3S/c1-22-20(26)18-6-4-5-17(15-18)12-14-25-21(23-2)24-13-11-16-7-9-19(10-8-16)29(3,27)28/h4-10,15H,11-14H2,1-3H3,(H,22,26)(H2,23,24,25). The van der Waals surface area contributed by atoms with Gasteiger partial charge >= 0.3 is 0 Å². The predicted octanol–water partition coefficient (Wildman–Crippen LogP) is 1.40. The minimum absolute atomic E-state index is 0.0955. The summed E-state index contributed by atoms with van der Waals surface area (Å²) >= 11 is 0. The lowest BCUT2D eigenvalue weighted by Gasteiger charge is -2.12. The first kappa shape index (κ1) is 22.4. The molecule has 0 aliphatic carbocycles. The third-order valence-corrected chi connectivity index (χ3v) is 5.53. The van der Waals surface area contributed by atoms with Crippen LogP contribution in [-0.4, -0.2) is 53.7 Å². The first-order valence-corrected chi connectivity index (χ1v) is 11.3. The van der Waals surface area contributed by atoms with Crippen molar-refractivity contribution in [3.63, 3.8) is 0 Å². The van der Waals surface area contributed by atoms with E-state index in [2.05, 4.69) is 20.9 Å². The van der Waals surface area contributed by atoms with Crippen LogP contribution in [0.15, 0.2) is 58.4 Å². The van der Waals surface area contributed by atoms with Crippen molar-refractivity contribution in [2.45, 2.75) is 17.7 Å². The van der Waals surface area contributed by atoms with E-state index in [0.717, 1.165) is 24.0 Å². The molecule has 0 aliphatic rings. The molecule has 0 aliphatic heterocycles. The molecule has 1 amide bonds. The van der Waals surface area contributed by atoms with Gasteiger partial charge in [0.15, 0.2) is 15.8 Å². The van der Waals surface area contributed by atoms with Crippen LogP contribution in [0.25, 0.3) is 0 Å². The maximum atomic E-state index is 11.7. The highest BCUT2D eigenvalue weighted by atomic mass is 32.2. The Labute approximate surface area is 172 Å². The number of hydrogen-bond acceptors (Lipinski definition) is 4. The molecular weight excluding hydrogens is 388 g/mol. The van der Waals surface area contributed by atoms with Crippen LogP contribution in [0.3, 0.4) is 0 Å². The summed E-state index contributed by atoms with van der Waals surface area (Å²) in [5.74, 6) is 0.599. The summed E-state index contributed by atoms with van der Waals surface area (Å²) in [6, 6.07) is 14.5. The first-order valence-electron chi connectivity index (χ1n) is 9.38. The number of aliphatic imine (C=N–C) groups is 1. The average Bonchev–Trinajstić information content (AvgIpc) is 2.72. The molecule has 0 spiro atoms. The number of sulfone groups is 1. The van der Waals surface area contributed by atoms with E-state index in [-0.39, 0.29) is 5.91 Å². The van der Waals surface area contributed by atoms with E-state index >= 15 is 0 Å². The van der Waals surface area contributed by atoms with Crippen LogP contribution in [0.4, 0.5) is 0 Å². The molecule has 3 N–H and O–H groups in total. The fourth-order valence-corrected chi connectivity index (χ4v) is 3.42. The quantitative estimate of drug-likeness (QED) is 0.446. The molecule has 156 valence electrons. The second-order valence-electron chi connectivity index (χ2n) is 6.62. The van der Waals surface area contributed by atoms with Crippen LogP contribution < -0.4 is 16.0 Å². The van der Waals surface area contributed by atoms with Crippen molar-refractivity contribution in [1.82, 2.24) is 16.0 Å². The van der Waals surface area contributed by atoms with Gasteiger partial charge in [-0.3, -0.25) is 9.79 Å². The van der Waals surface area contributed by atoms with Crippen molar-refractivity contribution in [2.75, 3.05) is 33.4 Å². The minimum Gasteiger partial charge on any atom is -0.356 e. The molecule has 8 heteroatoms. The summed E-state index contributed by atoms with van der Waals surface area (Å²) < 4.78 is 23.0. The van der Waals surface area contributed by atoms with Crippen molar-refractivity contribution >= 4 is 21.7 Å². The Balaban J connectivity index is 1.78. The molecule has 7 nitrogen and oxygen atoms in total. The van der Waals surface area contributed by atoms with E-state index in [1.807, 2.05) is 30.3 Å². The number of benzene rings is 2. The van der Waals surface area contributed by atoms with Gasteiger partial charge in [0.25, 0.3) is 5.91 Å². The van der Waals surface area contributed by atoms with Crippen molar-refractivity contribution in [3.05, 3.63) is 65.2 Å². The lowest BCUT2D eigenvalue weighted by molar-refractivity contribution is 0.0963. The highest BCUT2D eigenvalue weighted by molar-refractivity contribution is 7.90.